The van der Waals surface area contributed by atoms with Crippen molar-refractivity contribution in [2.45, 2.75) is 25.8 Å². The van der Waals surface area contributed by atoms with Gasteiger partial charge in [-0.25, -0.2) is 0 Å². The van der Waals surface area contributed by atoms with E-state index in [-0.39, 0.29) is 11.1 Å². The SMILES string of the molecule is CCN(CCNC(=O)c1ccoc1Cl)C1CC1. The van der Waals surface area contributed by atoms with Crippen LogP contribution < -0.4 is 5.32 Å². The van der Waals surface area contributed by atoms with Crippen LogP contribution in [0.4, 0.5) is 0 Å². The predicted molar refractivity (Wildman–Crippen MR) is 66.3 cm³/mol. The van der Waals surface area contributed by atoms with E-state index < -0.39 is 0 Å². The standard InChI is InChI=1S/C12H17ClN2O2/c1-2-15(9-3-4-9)7-6-14-12(16)10-5-8-17-11(10)13/h5,8-9H,2-4,6-7H2,1H3,(H,14,16). The third kappa shape index (κ3) is 3.23. The van der Waals surface area contributed by atoms with Gasteiger partial charge in [0.1, 0.15) is 0 Å². The first-order valence-corrected chi connectivity index (χ1v) is 6.35. The minimum absolute atomic E-state index is 0.150. The van der Waals surface area contributed by atoms with Gasteiger partial charge in [-0.15, -0.1) is 0 Å². The topological polar surface area (TPSA) is 45.5 Å². The average molecular weight is 257 g/mol. The van der Waals surface area contributed by atoms with E-state index in [0.717, 1.165) is 19.1 Å². The Kier molecular flexibility index (Phi) is 4.07. The van der Waals surface area contributed by atoms with Crippen LogP contribution in [0.1, 0.15) is 30.1 Å². The van der Waals surface area contributed by atoms with Crippen molar-refractivity contribution in [3.63, 3.8) is 0 Å². The zero-order chi connectivity index (χ0) is 12.3. The van der Waals surface area contributed by atoms with Gasteiger partial charge in [0, 0.05) is 19.1 Å². The quantitative estimate of drug-likeness (QED) is 0.848. The molecule has 0 atom stereocenters. The molecule has 1 aromatic rings. The molecule has 94 valence electrons. The zero-order valence-electron chi connectivity index (χ0n) is 9.91. The first kappa shape index (κ1) is 12.5. The summed E-state index contributed by atoms with van der Waals surface area (Å²) in [5.41, 5.74) is 0.404. The van der Waals surface area contributed by atoms with Crippen molar-refractivity contribution in [2.75, 3.05) is 19.6 Å². The van der Waals surface area contributed by atoms with Gasteiger partial charge in [-0.1, -0.05) is 6.92 Å². The number of hydrogen-bond acceptors (Lipinski definition) is 3. The molecule has 1 amide bonds. The number of hydrogen-bond donors (Lipinski definition) is 1. The summed E-state index contributed by atoms with van der Waals surface area (Å²) in [4.78, 5) is 14.1. The third-order valence-corrected chi connectivity index (χ3v) is 3.31. The summed E-state index contributed by atoms with van der Waals surface area (Å²) in [6.07, 6.45) is 3.99. The van der Waals surface area contributed by atoms with Gasteiger partial charge in [-0.2, -0.15) is 0 Å². The van der Waals surface area contributed by atoms with E-state index in [9.17, 15) is 4.79 Å². The van der Waals surface area contributed by atoms with Crippen LogP contribution in [0.25, 0.3) is 0 Å². The summed E-state index contributed by atoms with van der Waals surface area (Å²) in [5, 5.41) is 3.00. The van der Waals surface area contributed by atoms with E-state index in [1.807, 2.05) is 0 Å². The van der Waals surface area contributed by atoms with Gasteiger partial charge in [-0.3, -0.25) is 9.69 Å². The lowest BCUT2D eigenvalue weighted by Crippen LogP contribution is -2.36. The highest BCUT2D eigenvalue weighted by molar-refractivity contribution is 6.32. The van der Waals surface area contributed by atoms with Crippen molar-refractivity contribution < 1.29 is 9.21 Å². The second-order valence-corrected chi connectivity index (χ2v) is 4.57. The maximum atomic E-state index is 11.7. The second-order valence-electron chi connectivity index (χ2n) is 4.22. The van der Waals surface area contributed by atoms with Crippen LogP contribution >= 0.6 is 11.6 Å². The minimum Gasteiger partial charge on any atom is -0.452 e. The Bertz CT molecular complexity index is 388. The maximum Gasteiger partial charge on any atom is 0.256 e. The lowest BCUT2D eigenvalue weighted by molar-refractivity contribution is 0.0947. The molecule has 2 rings (SSSR count). The molecule has 1 N–H and O–H groups in total. The largest absolute Gasteiger partial charge is 0.452 e. The molecule has 0 aromatic carbocycles. The summed E-state index contributed by atoms with van der Waals surface area (Å²) < 4.78 is 4.88. The Balaban J connectivity index is 1.74. The number of amides is 1. The van der Waals surface area contributed by atoms with Gasteiger partial charge in [0.25, 0.3) is 5.91 Å². The van der Waals surface area contributed by atoms with E-state index in [1.54, 1.807) is 6.07 Å². The number of rotatable bonds is 6. The van der Waals surface area contributed by atoms with E-state index in [0.29, 0.717) is 12.1 Å². The van der Waals surface area contributed by atoms with Gasteiger partial charge < -0.3 is 9.73 Å². The number of nitrogens with zero attached hydrogens (tertiary/aromatic N) is 1. The van der Waals surface area contributed by atoms with Gasteiger partial charge in [0.2, 0.25) is 5.22 Å². The van der Waals surface area contributed by atoms with Crippen molar-refractivity contribution in [3.05, 3.63) is 23.1 Å². The van der Waals surface area contributed by atoms with Gasteiger partial charge in [0.05, 0.1) is 11.8 Å². The van der Waals surface area contributed by atoms with Gasteiger partial charge >= 0.3 is 0 Å². The number of likely N-dealkylation sites (N-methyl/N-ethyl adjacent to an activating group) is 1. The fourth-order valence-corrected chi connectivity index (χ4v) is 2.10. The van der Waals surface area contributed by atoms with Crippen molar-refractivity contribution in [2.24, 2.45) is 0 Å². The van der Waals surface area contributed by atoms with Crippen LogP contribution in [-0.4, -0.2) is 36.5 Å². The maximum absolute atomic E-state index is 11.7. The third-order valence-electron chi connectivity index (χ3n) is 3.02. The molecule has 4 nitrogen and oxygen atoms in total. The summed E-state index contributed by atoms with van der Waals surface area (Å²) in [6, 6.07) is 2.31. The van der Waals surface area contributed by atoms with Gasteiger partial charge in [0.15, 0.2) is 0 Å². The smallest absolute Gasteiger partial charge is 0.256 e. The Morgan fingerprint density at radius 3 is 2.94 bits per heavy atom. The highest BCUT2D eigenvalue weighted by Crippen LogP contribution is 2.25. The number of carbonyl (C=O) groups excluding carboxylic acids is 1. The average Bonchev–Trinajstić information content (AvgIpc) is 3.06. The van der Waals surface area contributed by atoms with Crippen LogP contribution in [0.2, 0.25) is 5.22 Å². The first-order valence-electron chi connectivity index (χ1n) is 5.97. The molecule has 1 aliphatic carbocycles. The lowest BCUT2D eigenvalue weighted by atomic mass is 10.3. The number of halogens is 1. The highest BCUT2D eigenvalue weighted by Gasteiger charge is 2.27. The molecule has 1 aromatic heterocycles. The molecule has 1 aliphatic rings. The van der Waals surface area contributed by atoms with E-state index >= 15 is 0 Å². The summed E-state index contributed by atoms with van der Waals surface area (Å²) >= 11 is 5.73. The van der Waals surface area contributed by atoms with Gasteiger partial charge in [-0.05, 0) is 37.1 Å². The zero-order valence-corrected chi connectivity index (χ0v) is 10.7. The molecule has 1 heterocycles. The van der Waals surface area contributed by atoms with Crippen molar-refractivity contribution in [1.29, 1.82) is 0 Å². The Morgan fingerprint density at radius 2 is 2.41 bits per heavy atom. The number of furan rings is 1. The molecule has 5 heteroatoms. The van der Waals surface area contributed by atoms with Crippen molar-refractivity contribution in [1.82, 2.24) is 10.2 Å². The van der Waals surface area contributed by atoms with Crippen molar-refractivity contribution in [3.8, 4) is 0 Å². The molecule has 0 spiro atoms. The molecule has 17 heavy (non-hydrogen) atoms. The fourth-order valence-electron chi connectivity index (χ4n) is 1.90. The van der Waals surface area contributed by atoms with Crippen molar-refractivity contribution >= 4 is 17.5 Å². The molecular weight excluding hydrogens is 240 g/mol. The Labute approximate surface area is 106 Å². The van der Waals surface area contributed by atoms with E-state index in [4.69, 9.17) is 16.0 Å². The molecule has 0 aliphatic heterocycles. The Morgan fingerprint density at radius 1 is 1.65 bits per heavy atom. The lowest BCUT2D eigenvalue weighted by Gasteiger charge is -2.19. The number of nitrogens with one attached hydrogen (secondary N) is 1. The molecule has 0 bridgehead atoms. The van der Waals surface area contributed by atoms with Crippen LogP contribution in [-0.2, 0) is 0 Å². The van der Waals surface area contributed by atoms with Crippen LogP contribution in [0.5, 0.6) is 0 Å². The molecule has 0 saturated heterocycles. The van der Waals surface area contributed by atoms with E-state index in [2.05, 4.69) is 17.1 Å². The minimum atomic E-state index is -0.171. The summed E-state index contributed by atoms with van der Waals surface area (Å²) in [6.45, 7) is 4.72. The molecular formula is C12H17ClN2O2. The molecule has 0 unspecified atom stereocenters. The van der Waals surface area contributed by atoms with Crippen LogP contribution in [0.3, 0.4) is 0 Å². The Hall–Kier alpha value is -1.00. The van der Waals surface area contributed by atoms with Crippen LogP contribution in [0, 0.1) is 0 Å². The second kappa shape index (κ2) is 5.56. The summed E-state index contributed by atoms with van der Waals surface area (Å²) in [7, 11) is 0. The normalized spacial score (nSPS) is 15.2. The highest BCUT2D eigenvalue weighted by atomic mass is 35.5. The monoisotopic (exact) mass is 256 g/mol. The van der Waals surface area contributed by atoms with E-state index in [1.165, 1.54) is 19.1 Å². The molecule has 1 fully saturated rings. The summed E-state index contributed by atoms with van der Waals surface area (Å²) in [5.74, 6) is -0.171. The predicted octanol–water partition coefficient (Wildman–Crippen LogP) is 2.15. The fraction of sp³-hybridized carbons (Fsp3) is 0.583. The first-order chi connectivity index (χ1) is 8.22. The van der Waals surface area contributed by atoms with Crippen LogP contribution in [0.15, 0.2) is 16.7 Å². The molecule has 0 radical (unpaired) electrons. The molecule has 1 saturated carbocycles. The number of carbonyl (C=O) groups is 1.